The lowest BCUT2D eigenvalue weighted by Gasteiger charge is -2.33. The van der Waals surface area contributed by atoms with Gasteiger partial charge in [0.1, 0.15) is 0 Å². The van der Waals surface area contributed by atoms with Gasteiger partial charge in [-0.1, -0.05) is 6.07 Å². The molecule has 1 saturated heterocycles. The fourth-order valence-corrected chi connectivity index (χ4v) is 4.03. The second-order valence-electron chi connectivity index (χ2n) is 4.85. The summed E-state index contributed by atoms with van der Waals surface area (Å²) in [5, 5.41) is 0. The number of piperazine rings is 1. The molecule has 1 aromatic heterocycles. The van der Waals surface area contributed by atoms with Crippen molar-refractivity contribution in [1.82, 2.24) is 14.2 Å². The molecular formula is C13H20ClN3O2S. The number of aromatic nitrogens is 1. The van der Waals surface area contributed by atoms with E-state index in [1.807, 2.05) is 18.2 Å². The summed E-state index contributed by atoms with van der Waals surface area (Å²) in [6, 6.07) is 5.85. The maximum absolute atomic E-state index is 12.0. The van der Waals surface area contributed by atoms with E-state index < -0.39 is 10.0 Å². The molecule has 0 bridgehead atoms. The first kappa shape index (κ1) is 15.7. The lowest BCUT2D eigenvalue weighted by molar-refractivity contribution is 0.180. The Bertz CT molecular complexity index is 502. The molecule has 1 fully saturated rings. The Labute approximate surface area is 125 Å². The number of alkyl halides is 1. The van der Waals surface area contributed by atoms with Crippen LogP contribution in [0.4, 0.5) is 0 Å². The number of sulfonamides is 1. The Morgan fingerprint density at radius 2 is 1.95 bits per heavy atom. The van der Waals surface area contributed by atoms with Crippen molar-refractivity contribution in [2.24, 2.45) is 0 Å². The molecule has 0 unspecified atom stereocenters. The minimum atomic E-state index is -3.14. The van der Waals surface area contributed by atoms with Crippen molar-refractivity contribution in [3.8, 4) is 0 Å². The Kier molecular flexibility index (Phi) is 5.77. The summed E-state index contributed by atoms with van der Waals surface area (Å²) in [6.45, 7) is 3.37. The van der Waals surface area contributed by atoms with Crippen LogP contribution in [0.25, 0.3) is 0 Å². The summed E-state index contributed by atoms with van der Waals surface area (Å²) in [5.74, 6) is 0.537. The van der Waals surface area contributed by atoms with Crippen LogP contribution in [0.15, 0.2) is 24.4 Å². The summed E-state index contributed by atoms with van der Waals surface area (Å²) in [4.78, 5) is 6.52. The molecule has 1 aliphatic heterocycles. The predicted octanol–water partition coefficient (Wildman–Crippen LogP) is 1.16. The van der Waals surface area contributed by atoms with Crippen LogP contribution >= 0.6 is 11.6 Å². The quantitative estimate of drug-likeness (QED) is 0.739. The van der Waals surface area contributed by atoms with E-state index >= 15 is 0 Å². The molecule has 0 saturated carbocycles. The van der Waals surface area contributed by atoms with Gasteiger partial charge < -0.3 is 0 Å². The van der Waals surface area contributed by atoms with Crippen molar-refractivity contribution in [2.75, 3.05) is 37.8 Å². The van der Waals surface area contributed by atoms with Gasteiger partial charge in [0.15, 0.2) is 0 Å². The van der Waals surface area contributed by atoms with Crippen LogP contribution < -0.4 is 0 Å². The standard InChI is InChI=1S/C13H20ClN3O2S/c14-5-3-11-20(18,19)17-9-7-16(8-10-17)12-13-4-1-2-6-15-13/h1-2,4,6H,3,5,7-12H2. The molecule has 2 heterocycles. The highest BCUT2D eigenvalue weighted by atomic mass is 35.5. The van der Waals surface area contributed by atoms with Gasteiger partial charge in [-0.2, -0.15) is 4.31 Å². The molecular weight excluding hydrogens is 298 g/mol. The third kappa shape index (κ3) is 4.41. The van der Waals surface area contributed by atoms with Crippen LogP contribution in [0.3, 0.4) is 0 Å². The fourth-order valence-electron chi connectivity index (χ4n) is 2.25. The van der Waals surface area contributed by atoms with Crippen LogP contribution in [0.2, 0.25) is 0 Å². The molecule has 0 aliphatic carbocycles. The maximum Gasteiger partial charge on any atom is 0.214 e. The van der Waals surface area contributed by atoms with Gasteiger partial charge in [0.05, 0.1) is 11.4 Å². The minimum absolute atomic E-state index is 0.150. The molecule has 1 aliphatic rings. The number of nitrogens with zero attached hydrogens (tertiary/aromatic N) is 3. The Morgan fingerprint density at radius 3 is 2.55 bits per heavy atom. The van der Waals surface area contributed by atoms with Crippen molar-refractivity contribution in [2.45, 2.75) is 13.0 Å². The molecule has 1 aromatic rings. The third-order valence-corrected chi connectivity index (χ3v) is 5.60. The molecule has 20 heavy (non-hydrogen) atoms. The second-order valence-corrected chi connectivity index (χ2v) is 7.32. The number of halogens is 1. The van der Waals surface area contributed by atoms with Gasteiger partial charge >= 0.3 is 0 Å². The van der Waals surface area contributed by atoms with Crippen molar-refractivity contribution in [1.29, 1.82) is 0 Å². The van der Waals surface area contributed by atoms with Crippen LogP contribution in [0.5, 0.6) is 0 Å². The zero-order valence-corrected chi connectivity index (χ0v) is 13.0. The van der Waals surface area contributed by atoms with Crippen molar-refractivity contribution in [3.63, 3.8) is 0 Å². The molecule has 0 atom stereocenters. The molecule has 0 amide bonds. The first-order chi connectivity index (χ1) is 9.62. The highest BCUT2D eigenvalue weighted by Crippen LogP contribution is 2.11. The van der Waals surface area contributed by atoms with Gasteiger partial charge in [0, 0.05) is 44.8 Å². The van der Waals surface area contributed by atoms with E-state index in [9.17, 15) is 8.42 Å². The first-order valence-electron chi connectivity index (χ1n) is 6.78. The largest absolute Gasteiger partial charge is 0.295 e. The minimum Gasteiger partial charge on any atom is -0.295 e. The van der Waals surface area contributed by atoms with E-state index in [2.05, 4.69) is 9.88 Å². The zero-order valence-electron chi connectivity index (χ0n) is 11.4. The monoisotopic (exact) mass is 317 g/mol. The van der Waals surface area contributed by atoms with Gasteiger partial charge in [-0.15, -0.1) is 11.6 Å². The van der Waals surface area contributed by atoms with Crippen LogP contribution in [0.1, 0.15) is 12.1 Å². The normalized spacial score (nSPS) is 18.2. The van der Waals surface area contributed by atoms with Crippen molar-refractivity contribution < 1.29 is 8.42 Å². The van der Waals surface area contributed by atoms with Gasteiger partial charge in [0.2, 0.25) is 10.0 Å². The summed E-state index contributed by atoms with van der Waals surface area (Å²) < 4.78 is 25.7. The highest BCUT2D eigenvalue weighted by molar-refractivity contribution is 7.89. The summed E-state index contributed by atoms with van der Waals surface area (Å²) >= 11 is 5.56. The Balaban J connectivity index is 1.83. The lowest BCUT2D eigenvalue weighted by Crippen LogP contribution is -2.48. The van der Waals surface area contributed by atoms with Crippen molar-refractivity contribution in [3.05, 3.63) is 30.1 Å². The fraction of sp³-hybridized carbons (Fsp3) is 0.615. The van der Waals surface area contributed by atoms with E-state index in [1.165, 1.54) is 0 Å². The molecule has 112 valence electrons. The predicted molar refractivity (Wildman–Crippen MR) is 80.2 cm³/mol. The maximum atomic E-state index is 12.0. The molecule has 0 aromatic carbocycles. The van der Waals surface area contributed by atoms with Gasteiger partial charge in [0.25, 0.3) is 0 Å². The van der Waals surface area contributed by atoms with Crippen molar-refractivity contribution >= 4 is 21.6 Å². The summed E-state index contributed by atoms with van der Waals surface area (Å²) in [7, 11) is -3.14. The third-order valence-electron chi connectivity index (χ3n) is 3.37. The smallest absolute Gasteiger partial charge is 0.214 e. The Hall–Kier alpha value is -0.690. The Morgan fingerprint density at radius 1 is 1.20 bits per heavy atom. The number of rotatable bonds is 6. The number of hydrogen-bond donors (Lipinski definition) is 0. The molecule has 2 rings (SSSR count). The highest BCUT2D eigenvalue weighted by Gasteiger charge is 2.26. The van der Waals surface area contributed by atoms with Gasteiger partial charge in [-0.25, -0.2) is 8.42 Å². The van der Waals surface area contributed by atoms with Gasteiger partial charge in [-0.05, 0) is 18.6 Å². The van der Waals surface area contributed by atoms with E-state index in [-0.39, 0.29) is 5.75 Å². The van der Waals surface area contributed by atoms with Crippen LogP contribution in [-0.2, 0) is 16.6 Å². The second kappa shape index (κ2) is 7.36. The first-order valence-corrected chi connectivity index (χ1v) is 8.92. The molecule has 5 nitrogen and oxygen atoms in total. The zero-order chi connectivity index (χ0) is 14.4. The molecule has 0 spiro atoms. The SMILES string of the molecule is O=S(=O)(CCCCl)N1CCN(Cc2ccccn2)CC1. The van der Waals surface area contributed by atoms with E-state index in [4.69, 9.17) is 11.6 Å². The summed E-state index contributed by atoms with van der Waals surface area (Å²) in [5.41, 5.74) is 1.02. The average molecular weight is 318 g/mol. The molecule has 0 N–H and O–H groups in total. The average Bonchev–Trinajstić information content (AvgIpc) is 2.47. The topological polar surface area (TPSA) is 53.5 Å². The van der Waals surface area contributed by atoms with Crippen LogP contribution in [-0.4, -0.2) is 60.4 Å². The van der Waals surface area contributed by atoms with E-state index in [0.717, 1.165) is 25.3 Å². The van der Waals surface area contributed by atoms with Crippen LogP contribution in [0, 0.1) is 0 Å². The molecule has 0 radical (unpaired) electrons. The summed E-state index contributed by atoms with van der Waals surface area (Å²) in [6.07, 6.45) is 2.29. The van der Waals surface area contributed by atoms with E-state index in [0.29, 0.717) is 25.4 Å². The number of pyridine rings is 1. The van der Waals surface area contributed by atoms with E-state index in [1.54, 1.807) is 10.5 Å². The lowest BCUT2D eigenvalue weighted by atomic mass is 10.3. The molecule has 7 heteroatoms. The van der Waals surface area contributed by atoms with Gasteiger partial charge in [-0.3, -0.25) is 9.88 Å². The number of hydrogen-bond acceptors (Lipinski definition) is 4.